The Hall–Kier alpha value is -1.16. The lowest BCUT2D eigenvalue weighted by Crippen LogP contribution is -2.16. The van der Waals surface area contributed by atoms with Crippen LogP contribution in [0, 0.1) is 5.92 Å². The normalized spacial score (nSPS) is 13.4. The molecule has 0 aliphatic rings. The Bertz CT molecular complexity index is 364. The molecule has 0 aromatic carbocycles. The molecule has 0 fully saturated rings. The lowest BCUT2D eigenvalue weighted by Gasteiger charge is -2.20. The van der Waals surface area contributed by atoms with Gasteiger partial charge in [-0.15, -0.1) is 0 Å². The van der Waals surface area contributed by atoms with E-state index in [2.05, 4.69) is 37.7 Å². The minimum absolute atomic E-state index is 0.0573. The molecular weight excluding hydrogens is 214 g/mol. The van der Waals surface area contributed by atoms with Gasteiger partial charge in [0.25, 0.3) is 0 Å². The van der Waals surface area contributed by atoms with E-state index in [-0.39, 0.29) is 6.10 Å². The average Bonchev–Trinajstić information content (AvgIpc) is 2.26. The smallest absolute Gasteiger partial charge is 0.157 e. The third-order valence-electron chi connectivity index (χ3n) is 2.62. The molecule has 1 aromatic rings. The first kappa shape index (κ1) is 13.9. The van der Waals surface area contributed by atoms with Crippen LogP contribution in [0.5, 0.6) is 0 Å². The monoisotopic (exact) mass is 237 g/mol. The molecule has 1 heterocycles. The van der Waals surface area contributed by atoms with Crippen molar-refractivity contribution < 1.29 is 4.74 Å². The summed E-state index contributed by atoms with van der Waals surface area (Å²) in [6.45, 7) is 11.0. The maximum atomic E-state index is 5.87. The van der Waals surface area contributed by atoms with Gasteiger partial charge in [0.05, 0.1) is 17.6 Å². The summed E-state index contributed by atoms with van der Waals surface area (Å²) in [4.78, 5) is 8.85. The van der Waals surface area contributed by atoms with Gasteiger partial charge in [0.15, 0.2) is 5.82 Å². The molecule has 0 aliphatic carbocycles. The molecule has 4 nitrogen and oxygen atoms in total. The van der Waals surface area contributed by atoms with E-state index in [0.29, 0.717) is 24.1 Å². The molecule has 0 bridgehead atoms. The highest BCUT2D eigenvalue weighted by Gasteiger charge is 2.20. The number of nitrogen functional groups attached to an aromatic ring is 1. The number of nitrogens with zero attached hydrogens (tertiary/aromatic N) is 2. The van der Waals surface area contributed by atoms with Gasteiger partial charge < -0.3 is 10.5 Å². The topological polar surface area (TPSA) is 61.0 Å². The van der Waals surface area contributed by atoms with Crippen molar-refractivity contribution in [1.82, 2.24) is 9.97 Å². The Morgan fingerprint density at radius 2 is 1.94 bits per heavy atom. The maximum absolute atomic E-state index is 5.87. The van der Waals surface area contributed by atoms with Crippen molar-refractivity contribution in [3.8, 4) is 0 Å². The number of hydrogen-bond donors (Lipinski definition) is 1. The van der Waals surface area contributed by atoms with Gasteiger partial charge in [-0.1, -0.05) is 27.7 Å². The lowest BCUT2D eigenvalue weighted by atomic mass is 10.1. The van der Waals surface area contributed by atoms with E-state index in [4.69, 9.17) is 10.5 Å². The first-order valence-electron chi connectivity index (χ1n) is 6.21. The molecule has 0 saturated heterocycles. The summed E-state index contributed by atoms with van der Waals surface area (Å²) in [7, 11) is 0. The molecule has 0 spiro atoms. The number of anilines is 1. The van der Waals surface area contributed by atoms with Crippen molar-refractivity contribution >= 4 is 5.69 Å². The third kappa shape index (κ3) is 3.40. The van der Waals surface area contributed by atoms with Crippen LogP contribution in [0.4, 0.5) is 5.69 Å². The fourth-order valence-corrected chi connectivity index (χ4v) is 1.76. The van der Waals surface area contributed by atoms with Crippen LogP contribution in [-0.2, 0) is 4.74 Å². The van der Waals surface area contributed by atoms with Gasteiger partial charge >= 0.3 is 0 Å². The number of nitrogens with two attached hydrogens (primary N) is 1. The summed E-state index contributed by atoms with van der Waals surface area (Å²) in [6, 6.07) is 0. The quantitative estimate of drug-likeness (QED) is 0.855. The first-order valence-corrected chi connectivity index (χ1v) is 6.21. The van der Waals surface area contributed by atoms with Gasteiger partial charge in [-0.3, -0.25) is 0 Å². The SMILES string of the molecule is CCOC(c1ncc(N)c(C(C)C)n1)C(C)C. The van der Waals surface area contributed by atoms with Crippen molar-refractivity contribution in [2.45, 2.75) is 46.6 Å². The van der Waals surface area contributed by atoms with E-state index >= 15 is 0 Å². The molecule has 0 aliphatic heterocycles. The zero-order valence-corrected chi connectivity index (χ0v) is 11.4. The lowest BCUT2D eigenvalue weighted by molar-refractivity contribution is 0.0230. The summed E-state index contributed by atoms with van der Waals surface area (Å²) in [5.74, 6) is 1.38. The third-order valence-corrected chi connectivity index (χ3v) is 2.62. The molecule has 17 heavy (non-hydrogen) atoms. The minimum atomic E-state index is -0.0573. The van der Waals surface area contributed by atoms with Crippen LogP contribution in [0.2, 0.25) is 0 Å². The second-order valence-electron chi connectivity index (χ2n) is 4.84. The maximum Gasteiger partial charge on any atom is 0.157 e. The number of aromatic nitrogens is 2. The van der Waals surface area contributed by atoms with Gasteiger partial charge in [-0.2, -0.15) is 0 Å². The molecule has 0 amide bonds. The fraction of sp³-hybridized carbons (Fsp3) is 0.692. The molecule has 1 aromatic heterocycles. The second kappa shape index (κ2) is 5.96. The van der Waals surface area contributed by atoms with Crippen LogP contribution in [0.25, 0.3) is 0 Å². The molecule has 1 unspecified atom stereocenters. The summed E-state index contributed by atoms with van der Waals surface area (Å²) in [5.41, 5.74) is 7.43. The second-order valence-corrected chi connectivity index (χ2v) is 4.84. The number of rotatable bonds is 5. The molecule has 2 N–H and O–H groups in total. The van der Waals surface area contributed by atoms with E-state index in [9.17, 15) is 0 Å². The predicted molar refractivity (Wildman–Crippen MR) is 69.7 cm³/mol. The van der Waals surface area contributed by atoms with Crippen LogP contribution in [0.15, 0.2) is 6.20 Å². The van der Waals surface area contributed by atoms with Crippen LogP contribution >= 0.6 is 0 Å². The average molecular weight is 237 g/mol. The van der Waals surface area contributed by atoms with E-state index in [1.54, 1.807) is 6.20 Å². The van der Waals surface area contributed by atoms with E-state index < -0.39 is 0 Å². The predicted octanol–water partition coefficient (Wildman–Crippen LogP) is 2.92. The van der Waals surface area contributed by atoms with Gasteiger partial charge in [0.2, 0.25) is 0 Å². The Kier molecular flexibility index (Phi) is 4.87. The van der Waals surface area contributed by atoms with E-state index in [1.807, 2.05) is 6.92 Å². The van der Waals surface area contributed by atoms with E-state index in [0.717, 1.165) is 11.5 Å². The van der Waals surface area contributed by atoms with Gasteiger partial charge in [0, 0.05) is 6.61 Å². The summed E-state index contributed by atoms with van der Waals surface area (Å²) in [5, 5.41) is 0. The molecule has 4 heteroatoms. The van der Waals surface area contributed by atoms with E-state index in [1.165, 1.54) is 0 Å². The van der Waals surface area contributed by atoms with Gasteiger partial charge in [0.1, 0.15) is 6.10 Å². The van der Waals surface area contributed by atoms with Gasteiger partial charge in [-0.05, 0) is 18.8 Å². The summed E-state index contributed by atoms with van der Waals surface area (Å²) in [6.07, 6.45) is 1.63. The number of ether oxygens (including phenoxy) is 1. The minimum Gasteiger partial charge on any atom is -0.396 e. The highest BCUT2D eigenvalue weighted by Crippen LogP contribution is 2.26. The zero-order chi connectivity index (χ0) is 13.0. The van der Waals surface area contributed by atoms with Gasteiger partial charge in [-0.25, -0.2) is 9.97 Å². The van der Waals surface area contributed by atoms with Crippen molar-refractivity contribution in [2.24, 2.45) is 5.92 Å². The van der Waals surface area contributed by atoms with Crippen molar-refractivity contribution in [2.75, 3.05) is 12.3 Å². The van der Waals surface area contributed by atoms with Crippen molar-refractivity contribution in [3.63, 3.8) is 0 Å². The van der Waals surface area contributed by atoms with Crippen LogP contribution in [0.1, 0.15) is 58.2 Å². The largest absolute Gasteiger partial charge is 0.396 e. The van der Waals surface area contributed by atoms with Crippen LogP contribution < -0.4 is 5.73 Å². The summed E-state index contributed by atoms with van der Waals surface area (Å²) >= 11 is 0. The number of hydrogen-bond acceptors (Lipinski definition) is 4. The Labute approximate surface area is 104 Å². The zero-order valence-electron chi connectivity index (χ0n) is 11.4. The highest BCUT2D eigenvalue weighted by atomic mass is 16.5. The molecule has 1 atom stereocenters. The molecular formula is C13H23N3O. The molecule has 1 rings (SSSR count). The first-order chi connectivity index (χ1) is 7.97. The Morgan fingerprint density at radius 3 is 2.41 bits per heavy atom. The standard InChI is InChI=1S/C13H23N3O/c1-6-17-12(9(4)5)13-15-7-10(14)11(16-13)8(2)3/h7-9,12H,6,14H2,1-5H3. The molecule has 0 radical (unpaired) electrons. The van der Waals surface area contributed by atoms with Crippen molar-refractivity contribution in [1.29, 1.82) is 0 Å². The molecule has 0 saturated carbocycles. The summed E-state index contributed by atoms with van der Waals surface area (Å²) < 4.78 is 5.70. The van der Waals surface area contributed by atoms with Crippen molar-refractivity contribution in [3.05, 3.63) is 17.7 Å². The molecule has 96 valence electrons. The van der Waals surface area contributed by atoms with Crippen LogP contribution in [0.3, 0.4) is 0 Å². The Balaban J connectivity index is 3.08. The Morgan fingerprint density at radius 1 is 1.29 bits per heavy atom. The van der Waals surface area contributed by atoms with Crippen LogP contribution in [-0.4, -0.2) is 16.6 Å². The fourth-order valence-electron chi connectivity index (χ4n) is 1.76. The highest BCUT2D eigenvalue weighted by molar-refractivity contribution is 5.42.